The van der Waals surface area contributed by atoms with Crippen LogP contribution < -0.4 is 5.32 Å². The molecule has 2 aromatic carbocycles. The van der Waals surface area contributed by atoms with E-state index in [-0.39, 0.29) is 35.5 Å². The number of imidazole rings is 1. The van der Waals surface area contributed by atoms with Crippen molar-refractivity contribution in [3.05, 3.63) is 88.0 Å². The van der Waals surface area contributed by atoms with Gasteiger partial charge in [0.1, 0.15) is 0 Å². The largest absolute Gasteiger partial charge is 0.352 e. The molecule has 2 heterocycles. The number of rotatable bonds is 8. The maximum atomic E-state index is 13.1. The summed E-state index contributed by atoms with van der Waals surface area (Å²) >= 11 is 0. The third-order valence-corrected chi connectivity index (χ3v) is 8.25. The number of benzene rings is 2. The summed E-state index contributed by atoms with van der Waals surface area (Å²) in [5.74, 6) is -0.393. The third-order valence-electron chi connectivity index (χ3n) is 6.21. The number of hydrogen-bond donors (Lipinski definition) is 1. The highest BCUT2D eigenvalue weighted by molar-refractivity contribution is 7.89. The minimum atomic E-state index is -3.89. The molecule has 11 heteroatoms. The number of sulfonamides is 1. The Labute approximate surface area is 203 Å². The predicted octanol–water partition coefficient (Wildman–Crippen LogP) is 2.87. The predicted molar refractivity (Wildman–Crippen MR) is 129 cm³/mol. The van der Waals surface area contributed by atoms with Crippen molar-refractivity contribution in [1.82, 2.24) is 19.2 Å². The smallest absolute Gasteiger partial charge is 0.270 e. The van der Waals surface area contributed by atoms with Gasteiger partial charge >= 0.3 is 0 Å². The molecular weight excluding hydrogens is 470 g/mol. The Balaban J connectivity index is 1.33. The third kappa shape index (κ3) is 5.75. The second-order valence-corrected chi connectivity index (χ2v) is 10.6. The first-order chi connectivity index (χ1) is 16.7. The van der Waals surface area contributed by atoms with Crippen LogP contribution >= 0.6 is 0 Å². The maximum absolute atomic E-state index is 13.1. The van der Waals surface area contributed by atoms with E-state index in [2.05, 4.69) is 10.3 Å². The van der Waals surface area contributed by atoms with Crippen LogP contribution in [0.25, 0.3) is 0 Å². The molecule has 1 aliphatic heterocycles. The number of non-ortho nitro benzene ring substituents is 1. The van der Waals surface area contributed by atoms with Crippen LogP contribution in [0.3, 0.4) is 0 Å². The maximum Gasteiger partial charge on any atom is 0.270 e. The van der Waals surface area contributed by atoms with E-state index in [0.717, 1.165) is 17.2 Å². The number of piperidine rings is 1. The molecule has 10 nitrogen and oxygen atoms in total. The molecule has 0 unspecified atom stereocenters. The molecule has 35 heavy (non-hydrogen) atoms. The molecule has 184 valence electrons. The van der Waals surface area contributed by atoms with E-state index in [0.29, 0.717) is 31.5 Å². The lowest BCUT2D eigenvalue weighted by Gasteiger charge is -2.31. The van der Waals surface area contributed by atoms with E-state index in [1.54, 1.807) is 19.4 Å². The fourth-order valence-corrected chi connectivity index (χ4v) is 5.95. The number of aryl methyl sites for hydroxylation is 1. The average molecular weight is 498 g/mol. The molecule has 1 saturated heterocycles. The van der Waals surface area contributed by atoms with Gasteiger partial charge in [-0.3, -0.25) is 14.9 Å². The lowest BCUT2D eigenvalue weighted by molar-refractivity contribution is -0.385. The molecule has 4 rings (SSSR count). The van der Waals surface area contributed by atoms with Gasteiger partial charge in [-0.25, -0.2) is 13.4 Å². The van der Waals surface area contributed by atoms with Crippen LogP contribution in [-0.4, -0.2) is 46.2 Å². The van der Waals surface area contributed by atoms with E-state index in [1.165, 1.54) is 16.4 Å². The van der Waals surface area contributed by atoms with Gasteiger partial charge in [0.2, 0.25) is 15.9 Å². The van der Waals surface area contributed by atoms with Gasteiger partial charge in [0, 0.05) is 56.6 Å². The minimum absolute atomic E-state index is 0.0647. The van der Waals surface area contributed by atoms with Crippen molar-refractivity contribution in [2.75, 3.05) is 13.1 Å². The molecule has 0 saturated carbocycles. The number of nitrogens with zero attached hydrogens (tertiary/aromatic N) is 4. The summed E-state index contributed by atoms with van der Waals surface area (Å²) in [5, 5.41) is 14.1. The Kier molecular flexibility index (Phi) is 7.27. The van der Waals surface area contributed by atoms with Crippen molar-refractivity contribution in [2.45, 2.75) is 37.8 Å². The van der Waals surface area contributed by atoms with Crippen molar-refractivity contribution < 1.29 is 18.1 Å². The van der Waals surface area contributed by atoms with Crippen LogP contribution in [0.15, 0.2) is 66.1 Å². The summed E-state index contributed by atoms with van der Waals surface area (Å²) in [4.78, 5) is 27.2. The number of carbonyl (C=O) groups excluding carboxylic acids is 1. The Morgan fingerprint density at radius 2 is 1.91 bits per heavy atom. The van der Waals surface area contributed by atoms with Crippen molar-refractivity contribution in [3.8, 4) is 0 Å². The lowest BCUT2D eigenvalue weighted by Crippen LogP contribution is -2.43. The summed E-state index contributed by atoms with van der Waals surface area (Å²) in [7, 11) is -3.89. The SMILES string of the molecule is Cc1ccc([N+](=O)[O-])cc1S(=O)(=O)N1CCC(C(=O)NCc2cccc(Cn3ccnc3)c2)CC1. The zero-order valence-corrected chi connectivity index (χ0v) is 20.1. The first-order valence-electron chi connectivity index (χ1n) is 11.3. The van der Waals surface area contributed by atoms with Crippen molar-refractivity contribution in [1.29, 1.82) is 0 Å². The van der Waals surface area contributed by atoms with Gasteiger partial charge in [-0.2, -0.15) is 4.31 Å². The van der Waals surface area contributed by atoms with Gasteiger partial charge in [-0.1, -0.05) is 30.3 Å². The van der Waals surface area contributed by atoms with E-state index < -0.39 is 14.9 Å². The Morgan fingerprint density at radius 3 is 2.60 bits per heavy atom. The molecule has 1 N–H and O–H groups in total. The standard InChI is InChI=1S/C24H27N5O5S/c1-18-5-6-22(29(31)32)14-23(18)35(33,34)28-10-7-21(8-11-28)24(30)26-15-19-3-2-4-20(13-19)16-27-12-9-25-17-27/h2-6,9,12-14,17,21H,7-8,10-11,15-16H2,1H3,(H,26,30). The molecular formula is C24H27N5O5S. The fourth-order valence-electron chi connectivity index (χ4n) is 4.24. The van der Waals surface area contributed by atoms with E-state index in [4.69, 9.17) is 0 Å². The number of nitro groups is 1. The van der Waals surface area contributed by atoms with Crippen LogP contribution in [0, 0.1) is 23.0 Å². The summed E-state index contributed by atoms with van der Waals surface area (Å²) in [6.07, 6.45) is 6.15. The van der Waals surface area contributed by atoms with Crippen LogP contribution in [0.4, 0.5) is 5.69 Å². The Morgan fingerprint density at radius 1 is 1.17 bits per heavy atom. The number of nitro benzene ring substituents is 1. The van der Waals surface area contributed by atoms with Gasteiger partial charge in [0.25, 0.3) is 5.69 Å². The van der Waals surface area contributed by atoms with Crippen molar-refractivity contribution in [3.63, 3.8) is 0 Å². The van der Waals surface area contributed by atoms with Gasteiger partial charge in [0.15, 0.2) is 0 Å². The second-order valence-electron chi connectivity index (χ2n) is 8.66. The van der Waals surface area contributed by atoms with Gasteiger partial charge in [-0.15, -0.1) is 0 Å². The van der Waals surface area contributed by atoms with E-state index in [1.807, 2.05) is 35.0 Å². The van der Waals surface area contributed by atoms with E-state index >= 15 is 0 Å². The van der Waals surface area contributed by atoms with Crippen LogP contribution in [0.1, 0.15) is 29.5 Å². The Hall–Kier alpha value is -3.57. The second kappa shape index (κ2) is 10.4. The summed E-state index contributed by atoms with van der Waals surface area (Å²) < 4.78 is 29.5. The number of carbonyl (C=O) groups is 1. The number of amides is 1. The average Bonchev–Trinajstić information content (AvgIpc) is 3.36. The molecule has 0 bridgehead atoms. The first kappa shape index (κ1) is 24.6. The van der Waals surface area contributed by atoms with Crippen LogP contribution in [-0.2, 0) is 27.9 Å². The fraction of sp³-hybridized carbons (Fsp3) is 0.333. The number of aromatic nitrogens is 2. The summed E-state index contributed by atoms with van der Waals surface area (Å²) in [6, 6.07) is 11.8. The highest BCUT2D eigenvalue weighted by Crippen LogP contribution is 2.28. The first-order valence-corrected chi connectivity index (χ1v) is 12.7. The zero-order chi connectivity index (χ0) is 25.0. The lowest BCUT2D eigenvalue weighted by atomic mass is 9.97. The van der Waals surface area contributed by atoms with E-state index in [9.17, 15) is 23.3 Å². The number of hydrogen-bond acceptors (Lipinski definition) is 6. The topological polar surface area (TPSA) is 127 Å². The molecule has 1 amide bonds. The molecule has 3 aromatic rings. The zero-order valence-electron chi connectivity index (χ0n) is 19.3. The Bertz CT molecular complexity index is 1320. The molecule has 1 fully saturated rings. The molecule has 0 spiro atoms. The monoisotopic (exact) mass is 497 g/mol. The number of nitrogens with one attached hydrogen (secondary N) is 1. The highest BCUT2D eigenvalue weighted by Gasteiger charge is 2.33. The molecule has 1 aromatic heterocycles. The summed E-state index contributed by atoms with van der Waals surface area (Å²) in [5.41, 5.74) is 2.27. The van der Waals surface area contributed by atoms with Crippen LogP contribution in [0.5, 0.6) is 0 Å². The van der Waals surface area contributed by atoms with Crippen LogP contribution in [0.2, 0.25) is 0 Å². The minimum Gasteiger partial charge on any atom is -0.352 e. The van der Waals surface area contributed by atoms with Crippen molar-refractivity contribution >= 4 is 21.6 Å². The highest BCUT2D eigenvalue weighted by atomic mass is 32.2. The quantitative estimate of drug-likeness (QED) is 0.377. The summed E-state index contributed by atoms with van der Waals surface area (Å²) in [6.45, 7) is 3.06. The molecule has 0 atom stereocenters. The van der Waals surface area contributed by atoms with Gasteiger partial charge in [0.05, 0.1) is 16.1 Å². The normalized spacial score (nSPS) is 15.1. The molecule has 1 aliphatic rings. The molecule has 0 aliphatic carbocycles. The van der Waals surface area contributed by atoms with Gasteiger partial charge in [-0.05, 0) is 36.5 Å². The van der Waals surface area contributed by atoms with Crippen molar-refractivity contribution in [2.24, 2.45) is 5.92 Å². The van der Waals surface area contributed by atoms with Gasteiger partial charge < -0.3 is 9.88 Å². The molecule has 0 radical (unpaired) electrons.